The number of carbonyl (C=O) groups excluding carboxylic acids is 2. The summed E-state index contributed by atoms with van der Waals surface area (Å²) in [5.41, 5.74) is 1.39. The first kappa shape index (κ1) is 29.4. The highest BCUT2D eigenvalue weighted by atomic mass is 19.1. The van der Waals surface area contributed by atoms with Gasteiger partial charge in [0.2, 0.25) is 0 Å². The molecule has 1 aliphatic rings. The molecule has 0 aliphatic carbocycles. The number of halogens is 2. The van der Waals surface area contributed by atoms with E-state index in [4.69, 9.17) is 18.9 Å². The summed E-state index contributed by atoms with van der Waals surface area (Å²) in [6.45, 7) is 6.02. The van der Waals surface area contributed by atoms with Crippen LogP contribution in [0.4, 0.5) is 13.6 Å². The molecule has 216 valence electrons. The lowest BCUT2D eigenvalue weighted by Gasteiger charge is -2.32. The molecular weight excluding hydrogens is 528 g/mol. The maximum absolute atomic E-state index is 15.8. The third kappa shape index (κ3) is 6.08. The van der Waals surface area contributed by atoms with Crippen molar-refractivity contribution in [2.24, 2.45) is 0 Å². The first-order chi connectivity index (χ1) is 19.2. The number of hydrogen-bond donors (Lipinski definition) is 1. The molecule has 1 fully saturated rings. The van der Waals surface area contributed by atoms with E-state index < -0.39 is 47.6 Å². The number of esters is 1. The topological polar surface area (TPSA) is 112 Å². The van der Waals surface area contributed by atoms with Crippen LogP contribution in [0.15, 0.2) is 30.5 Å². The Kier molecular flexibility index (Phi) is 9.33. The van der Waals surface area contributed by atoms with Gasteiger partial charge in [0.05, 0.1) is 49.9 Å². The van der Waals surface area contributed by atoms with E-state index in [1.807, 2.05) is 13.0 Å². The molecule has 1 aromatic carbocycles. The van der Waals surface area contributed by atoms with E-state index in [1.54, 1.807) is 30.5 Å². The molecule has 2 aromatic heterocycles. The summed E-state index contributed by atoms with van der Waals surface area (Å²) in [5.74, 6) is -4.28. The minimum Gasteiger partial charge on any atom is -0.465 e. The lowest BCUT2D eigenvalue weighted by Crippen LogP contribution is -2.46. The number of fused-ring (bicyclic) bond motifs is 1. The van der Waals surface area contributed by atoms with Gasteiger partial charge in [-0.2, -0.15) is 0 Å². The van der Waals surface area contributed by atoms with Crippen molar-refractivity contribution in [2.75, 3.05) is 40.0 Å². The van der Waals surface area contributed by atoms with Gasteiger partial charge in [0, 0.05) is 25.8 Å². The molecule has 0 bridgehead atoms. The van der Waals surface area contributed by atoms with Gasteiger partial charge in [-0.1, -0.05) is 0 Å². The molecule has 0 saturated carbocycles. The Balaban J connectivity index is 1.78. The second kappa shape index (κ2) is 12.7. The van der Waals surface area contributed by atoms with Gasteiger partial charge in [0.15, 0.2) is 6.29 Å². The summed E-state index contributed by atoms with van der Waals surface area (Å²) in [5, 5.41) is 10.4. The fourth-order valence-electron chi connectivity index (χ4n) is 4.86. The van der Waals surface area contributed by atoms with Gasteiger partial charge in [0.25, 0.3) is 0 Å². The minimum atomic E-state index is -1.66. The molecule has 3 aromatic rings. The van der Waals surface area contributed by atoms with Crippen molar-refractivity contribution in [1.82, 2.24) is 14.3 Å². The van der Waals surface area contributed by atoms with Gasteiger partial charge < -0.3 is 33.4 Å². The van der Waals surface area contributed by atoms with Gasteiger partial charge in [-0.3, -0.25) is 4.79 Å². The second-order valence-electron chi connectivity index (χ2n) is 9.39. The third-order valence-electron chi connectivity index (χ3n) is 6.70. The number of aliphatic hydroxyl groups excluding tert-OH is 1. The van der Waals surface area contributed by atoms with Gasteiger partial charge in [-0.05, 0) is 56.2 Å². The van der Waals surface area contributed by atoms with E-state index in [1.165, 1.54) is 12.0 Å². The van der Waals surface area contributed by atoms with Crippen molar-refractivity contribution in [1.29, 1.82) is 0 Å². The van der Waals surface area contributed by atoms with Crippen molar-refractivity contribution >= 4 is 17.7 Å². The number of methoxy groups -OCH3 is 1. The molecule has 3 atom stereocenters. The smallest absolute Gasteiger partial charge is 0.409 e. The fraction of sp³-hybridized carbons (Fsp3) is 0.464. The average Bonchev–Trinajstić information content (AvgIpc) is 3.24. The molecule has 1 aliphatic heterocycles. The van der Waals surface area contributed by atoms with Crippen LogP contribution < -0.4 is 0 Å². The van der Waals surface area contributed by atoms with Crippen molar-refractivity contribution in [3.63, 3.8) is 0 Å². The quantitative estimate of drug-likeness (QED) is 0.312. The maximum Gasteiger partial charge on any atom is 0.409 e. The summed E-state index contributed by atoms with van der Waals surface area (Å²) in [7, 11) is 1.30. The zero-order valence-electron chi connectivity index (χ0n) is 22.9. The first-order valence-electron chi connectivity index (χ1n) is 13.1. The Labute approximate surface area is 230 Å². The van der Waals surface area contributed by atoms with E-state index >= 15 is 8.78 Å². The Morgan fingerprint density at radius 3 is 2.58 bits per heavy atom. The SMILES string of the molecule is CCOC(=O)C(c1cc(F)c(-c2nc3cc(C)ccn3c2C[C@H]2CN(C(=O)OC)CCO2)c(F)c1)C(O)OCC. The van der Waals surface area contributed by atoms with Gasteiger partial charge in [0.1, 0.15) is 23.2 Å². The molecule has 0 spiro atoms. The number of aliphatic hydroxyl groups is 1. The van der Waals surface area contributed by atoms with Crippen LogP contribution in [0, 0.1) is 18.6 Å². The first-order valence-corrected chi connectivity index (χ1v) is 13.1. The van der Waals surface area contributed by atoms with E-state index in [-0.39, 0.29) is 44.0 Å². The summed E-state index contributed by atoms with van der Waals surface area (Å²) in [6.07, 6.45) is -0.671. The number of imidazole rings is 1. The van der Waals surface area contributed by atoms with Gasteiger partial charge in [-0.15, -0.1) is 0 Å². The molecule has 12 heteroatoms. The second-order valence-corrected chi connectivity index (χ2v) is 9.39. The number of hydrogen-bond acceptors (Lipinski definition) is 8. The zero-order chi connectivity index (χ0) is 29.0. The monoisotopic (exact) mass is 561 g/mol. The number of carbonyl (C=O) groups is 2. The number of aryl methyl sites for hydroxylation is 1. The Bertz CT molecular complexity index is 1360. The molecule has 3 heterocycles. The molecule has 10 nitrogen and oxygen atoms in total. The third-order valence-corrected chi connectivity index (χ3v) is 6.70. The van der Waals surface area contributed by atoms with Crippen molar-refractivity contribution in [3.8, 4) is 11.3 Å². The van der Waals surface area contributed by atoms with Crippen molar-refractivity contribution < 1.29 is 42.4 Å². The predicted molar refractivity (Wildman–Crippen MR) is 140 cm³/mol. The minimum absolute atomic E-state index is 0.0118. The van der Waals surface area contributed by atoms with Crippen LogP contribution in [-0.2, 0) is 30.2 Å². The highest BCUT2D eigenvalue weighted by molar-refractivity contribution is 5.79. The van der Waals surface area contributed by atoms with Crippen LogP contribution in [-0.4, -0.2) is 83.9 Å². The van der Waals surface area contributed by atoms with E-state index in [9.17, 15) is 14.7 Å². The van der Waals surface area contributed by atoms with E-state index in [0.717, 1.165) is 17.7 Å². The van der Waals surface area contributed by atoms with E-state index in [0.29, 0.717) is 17.9 Å². The van der Waals surface area contributed by atoms with Gasteiger partial charge in [-0.25, -0.2) is 18.6 Å². The predicted octanol–water partition coefficient (Wildman–Crippen LogP) is 3.60. The highest BCUT2D eigenvalue weighted by Gasteiger charge is 2.34. The summed E-state index contributed by atoms with van der Waals surface area (Å²) < 4.78 is 54.2. The van der Waals surface area contributed by atoms with Crippen molar-refractivity contribution in [2.45, 2.75) is 45.5 Å². The molecule has 1 saturated heterocycles. The fourth-order valence-corrected chi connectivity index (χ4v) is 4.86. The Morgan fingerprint density at radius 1 is 1.20 bits per heavy atom. The number of aromatic nitrogens is 2. The van der Waals surface area contributed by atoms with Crippen LogP contribution in [0.5, 0.6) is 0 Å². The van der Waals surface area contributed by atoms with Gasteiger partial charge >= 0.3 is 12.1 Å². The number of amides is 1. The number of rotatable bonds is 9. The number of nitrogens with zero attached hydrogens (tertiary/aromatic N) is 3. The largest absolute Gasteiger partial charge is 0.465 e. The molecular formula is C28H33F2N3O7. The molecule has 1 amide bonds. The van der Waals surface area contributed by atoms with Crippen LogP contribution >= 0.6 is 0 Å². The molecule has 0 radical (unpaired) electrons. The normalized spacial score (nSPS) is 17.1. The standard InChI is InChI=1S/C28H33F2N3O7/c1-5-38-26(34)23(27(35)39-6-2)17-12-19(29)24(20(30)13-17)25-21(33-8-7-16(3)11-22(33)31-25)14-18-15-32(9-10-40-18)28(36)37-4/h7-8,11-13,18,23,26,34H,5-6,9-10,14-15H2,1-4H3/t18-,23?,26?/m0/s1. The lowest BCUT2D eigenvalue weighted by molar-refractivity contribution is -0.163. The summed E-state index contributed by atoms with van der Waals surface area (Å²) in [4.78, 5) is 30.7. The number of morpholine rings is 1. The lowest BCUT2D eigenvalue weighted by atomic mass is 9.95. The van der Waals surface area contributed by atoms with Crippen LogP contribution in [0.3, 0.4) is 0 Å². The van der Waals surface area contributed by atoms with Crippen LogP contribution in [0.1, 0.15) is 36.6 Å². The Morgan fingerprint density at radius 2 is 1.93 bits per heavy atom. The van der Waals surface area contributed by atoms with E-state index in [2.05, 4.69) is 4.98 Å². The molecule has 4 rings (SSSR count). The van der Waals surface area contributed by atoms with Crippen LogP contribution in [0.25, 0.3) is 16.9 Å². The molecule has 40 heavy (non-hydrogen) atoms. The number of benzene rings is 1. The number of pyridine rings is 1. The summed E-state index contributed by atoms with van der Waals surface area (Å²) >= 11 is 0. The summed E-state index contributed by atoms with van der Waals surface area (Å²) in [6, 6.07) is 5.60. The molecule has 1 N–H and O–H groups in total. The zero-order valence-corrected chi connectivity index (χ0v) is 22.9. The van der Waals surface area contributed by atoms with Crippen molar-refractivity contribution in [3.05, 3.63) is 58.9 Å². The van der Waals surface area contributed by atoms with Crippen LogP contribution in [0.2, 0.25) is 0 Å². The average molecular weight is 562 g/mol. The highest BCUT2D eigenvalue weighted by Crippen LogP contribution is 2.34. The Hall–Kier alpha value is -3.61. The molecule has 2 unspecified atom stereocenters. The maximum atomic E-state index is 15.8. The number of ether oxygens (including phenoxy) is 4.